The molecule has 2 aliphatic rings. The number of carbonyl (C=O) groups is 2. The fourth-order valence-corrected chi connectivity index (χ4v) is 3.13. The predicted molar refractivity (Wildman–Crippen MR) is 74.5 cm³/mol. The quantitative estimate of drug-likeness (QED) is 0.754. The standard InChI is InChI=1S/C11H15Cl3N2O4/c12-11(13,14)5-20-9(17)15-6-3-7-1-2-8(4-6)16(7)10(18)19/h6-8H,1-5H2,(H,15,17)(H,18,19)/t6-,7-,8+. The Morgan fingerprint density at radius 1 is 1.25 bits per heavy atom. The summed E-state index contributed by atoms with van der Waals surface area (Å²) in [5.41, 5.74) is 0. The number of nitrogens with one attached hydrogen (secondary N) is 1. The van der Waals surface area contributed by atoms with Gasteiger partial charge in [-0.05, 0) is 25.7 Å². The largest absolute Gasteiger partial charge is 0.465 e. The van der Waals surface area contributed by atoms with Gasteiger partial charge in [0.25, 0.3) is 0 Å². The Balaban J connectivity index is 1.82. The first-order chi connectivity index (χ1) is 9.26. The highest BCUT2D eigenvalue weighted by Gasteiger charge is 2.43. The van der Waals surface area contributed by atoms with Crippen molar-refractivity contribution in [3.05, 3.63) is 0 Å². The molecule has 0 radical (unpaired) electrons. The number of hydrogen-bond acceptors (Lipinski definition) is 3. The van der Waals surface area contributed by atoms with Crippen LogP contribution in [-0.2, 0) is 4.74 Å². The molecule has 2 heterocycles. The third-order valence-corrected chi connectivity index (χ3v) is 3.97. The molecule has 2 N–H and O–H groups in total. The molecule has 2 aliphatic heterocycles. The van der Waals surface area contributed by atoms with E-state index in [1.54, 1.807) is 0 Å². The van der Waals surface area contributed by atoms with Crippen LogP contribution in [0.1, 0.15) is 25.7 Å². The van der Waals surface area contributed by atoms with Crippen LogP contribution in [0.4, 0.5) is 9.59 Å². The molecular weight excluding hydrogens is 330 g/mol. The summed E-state index contributed by atoms with van der Waals surface area (Å²) < 4.78 is 3.16. The first-order valence-electron chi connectivity index (χ1n) is 6.27. The van der Waals surface area contributed by atoms with Crippen LogP contribution in [0, 0.1) is 0 Å². The van der Waals surface area contributed by atoms with E-state index in [0.717, 1.165) is 12.8 Å². The van der Waals surface area contributed by atoms with Crippen LogP contribution >= 0.6 is 34.8 Å². The zero-order valence-corrected chi connectivity index (χ0v) is 12.8. The van der Waals surface area contributed by atoms with Crippen molar-refractivity contribution in [1.82, 2.24) is 10.2 Å². The second-order valence-corrected chi connectivity index (χ2v) is 7.59. The summed E-state index contributed by atoms with van der Waals surface area (Å²) in [4.78, 5) is 24.2. The number of carboxylic acid groups (broad SMARTS) is 1. The summed E-state index contributed by atoms with van der Waals surface area (Å²) in [6.45, 7) is -0.329. The van der Waals surface area contributed by atoms with Crippen LogP contribution in [0.25, 0.3) is 0 Å². The lowest BCUT2D eigenvalue weighted by Crippen LogP contribution is -2.52. The number of alkyl carbamates (subject to hydrolysis) is 1. The van der Waals surface area contributed by atoms with Crippen molar-refractivity contribution in [2.24, 2.45) is 0 Å². The van der Waals surface area contributed by atoms with E-state index in [1.807, 2.05) is 0 Å². The fourth-order valence-electron chi connectivity index (χ4n) is 2.96. The van der Waals surface area contributed by atoms with Crippen molar-refractivity contribution in [2.45, 2.75) is 47.6 Å². The lowest BCUT2D eigenvalue weighted by atomic mass is 9.98. The fraction of sp³-hybridized carbons (Fsp3) is 0.818. The number of amides is 2. The van der Waals surface area contributed by atoms with Crippen molar-refractivity contribution in [2.75, 3.05) is 6.61 Å². The number of alkyl halides is 3. The molecule has 0 aromatic heterocycles. The summed E-state index contributed by atoms with van der Waals surface area (Å²) in [5, 5.41) is 11.8. The van der Waals surface area contributed by atoms with Gasteiger partial charge in [0.1, 0.15) is 6.61 Å². The van der Waals surface area contributed by atoms with Crippen LogP contribution in [0.3, 0.4) is 0 Å². The number of hydrogen-bond donors (Lipinski definition) is 2. The van der Waals surface area contributed by atoms with Gasteiger partial charge in [0.2, 0.25) is 3.79 Å². The summed E-state index contributed by atoms with van der Waals surface area (Å²) in [7, 11) is 0. The van der Waals surface area contributed by atoms with Crippen molar-refractivity contribution in [3.8, 4) is 0 Å². The molecule has 0 aromatic carbocycles. The average molecular weight is 346 g/mol. The molecule has 2 fully saturated rings. The van der Waals surface area contributed by atoms with Gasteiger partial charge >= 0.3 is 12.2 Å². The molecule has 3 atom stereocenters. The highest BCUT2D eigenvalue weighted by molar-refractivity contribution is 6.67. The monoisotopic (exact) mass is 344 g/mol. The van der Waals surface area contributed by atoms with Gasteiger partial charge in [-0.2, -0.15) is 0 Å². The number of ether oxygens (including phenoxy) is 1. The molecule has 9 heteroatoms. The van der Waals surface area contributed by atoms with E-state index in [2.05, 4.69) is 5.32 Å². The third kappa shape index (κ3) is 3.96. The van der Waals surface area contributed by atoms with E-state index >= 15 is 0 Å². The lowest BCUT2D eigenvalue weighted by Gasteiger charge is -2.37. The van der Waals surface area contributed by atoms with Gasteiger partial charge in [0.05, 0.1) is 0 Å². The number of nitrogens with zero attached hydrogens (tertiary/aromatic N) is 1. The van der Waals surface area contributed by atoms with Gasteiger partial charge in [-0.1, -0.05) is 34.8 Å². The molecule has 2 rings (SSSR count). The molecule has 2 amide bonds. The van der Waals surface area contributed by atoms with Crippen LogP contribution in [0.5, 0.6) is 0 Å². The van der Waals surface area contributed by atoms with Crippen molar-refractivity contribution < 1.29 is 19.4 Å². The predicted octanol–water partition coefficient (Wildman–Crippen LogP) is 2.76. The SMILES string of the molecule is O=C(N[C@@H]1C[C@H]2CC[C@@H](C1)N2C(=O)O)OCC(Cl)(Cl)Cl. The van der Waals surface area contributed by atoms with E-state index in [4.69, 9.17) is 44.6 Å². The zero-order chi connectivity index (χ0) is 14.9. The molecule has 0 unspecified atom stereocenters. The van der Waals surface area contributed by atoms with Crippen molar-refractivity contribution >= 4 is 47.0 Å². The Morgan fingerprint density at radius 3 is 2.25 bits per heavy atom. The molecule has 6 nitrogen and oxygen atoms in total. The molecule has 20 heavy (non-hydrogen) atoms. The van der Waals surface area contributed by atoms with Gasteiger partial charge in [-0.3, -0.25) is 0 Å². The molecule has 0 aromatic rings. The van der Waals surface area contributed by atoms with Crippen LogP contribution in [-0.4, -0.2) is 50.7 Å². The van der Waals surface area contributed by atoms with Crippen LogP contribution in [0.2, 0.25) is 0 Å². The topological polar surface area (TPSA) is 78.9 Å². The summed E-state index contributed by atoms with van der Waals surface area (Å²) in [5.74, 6) is 0. The van der Waals surface area contributed by atoms with Crippen LogP contribution in [0.15, 0.2) is 0 Å². The second kappa shape index (κ2) is 6.03. The molecule has 2 bridgehead atoms. The molecule has 0 spiro atoms. The number of fused-ring (bicyclic) bond motifs is 2. The van der Waals surface area contributed by atoms with E-state index in [0.29, 0.717) is 12.8 Å². The van der Waals surface area contributed by atoms with E-state index in [1.165, 1.54) is 4.90 Å². The Labute approximate surface area is 131 Å². The smallest absolute Gasteiger partial charge is 0.407 e. The van der Waals surface area contributed by atoms with Gasteiger partial charge in [0, 0.05) is 18.1 Å². The molecule has 2 saturated heterocycles. The van der Waals surface area contributed by atoms with Gasteiger partial charge in [-0.15, -0.1) is 0 Å². The maximum absolute atomic E-state index is 11.6. The van der Waals surface area contributed by atoms with Crippen molar-refractivity contribution in [1.29, 1.82) is 0 Å². The summed E-state index contributed by atoms with van der Waals surface area (Å²) in [6, 6.07) is -0.180. The third-order valence-electron chi connectivity index (χ3n) is 3.64. The first-order valence-corrected chi connectivity index (χ1v) is 7.41. The number of halogens is 3. The minimum Gasteiger partial charge on any atom is -0.465 e. The first kappa shape index (κ1) is 15.8. The van der Waals surface area contributed by atoms with Gasteiger partial charge < -0.3 is 20.1 Å². The van der Waals surface area contributed by atoms with Gasteiger partial charge in [0.15, 0.2) is 0 Å². The Kier molecular flexibility index (Phi) is 4.76. The molecular formula is C11H15Cl3N2O4. The number of piperidine rings is 1. The highest BCUT2D eigenvalue weighted by atomic mass is 35.6. The van der Waals surface area contributed by atoms with Crippen molar-refractivity contribution in [3.63, 3.8) is 0 Å². The minimum atomic E-state index is -1.64. The lowest BCUT2D eigenvalue weighted by molar-refractivity contribution is 0.0885. The Morgan fingerprint density at radius 2 is 1.80 bits per heavy atom. The Hall–Kier alpha value is -0.590. The van der Waals surface area contributed by atoms with E-state index in [9.17, 15) is 9.59 Å². The zero-order valence-electron chi connectivity index (χ0n) is 10.5. The van der Waals surface area contributed by atoms with E-state index < -0.39 is 16.0 Å². The normalized spacial score (nSPS) is 29.1. The summed E-state index contributed by atoms with van der Waals surface area (Å²) in [6.07, 6.45) is 1.30. The molecule has 0 saturated carbocycles. The minimum absolute atomic E-state index is 0.0373. The molecule has 114 valence electrons. The van der Waals surface area contributed by atoms with E-state index in [-0.39, 0.29) is 24.7 Å². The average Bonchev–Trinajstić information content (AvgIpc) is 2.58. The Bertz CT molecular complexity index is 388. The maximum atomic E-state index is 11.6. The molecule has 0 aliphatic carbocycles. The van der Waals surface area contributed by atoms with Crippen LogP contribution < -0.4 is 5.32 Å². The number of rotatable bonds is 2. The van der Waals surface area contributed by atoms with Gasteiger partial charge in [-0.25, -0.2) is 9.59 Å². The number of carbonyl (C=O) groups excluding carboxylic acids is 1. The second-order valence-electron chi connectivity index (χ2n) is 5.08. The maximum Gasteiger partial charge on any atom is 0.407 e. The highest BCUT2D eigenvalue weighted by Crippen LogP contribution is 2.35. The summed E-state index contributed by atoms with van der Waals surface area (Å²) >= 11 is 16.5.